The normalized spacial score (nSPS) is 13.7. The number of hydrogen-bond acceptors (Lipinski definition) is 5. The molecule has 3 aromatic rings. The van der Waals surface area contributed by atoms with Crippen molar-refractivity contribution in [3.8, 4) is 22.6 Å². The van der Waals surface area contributed by atoms with Crippen molar-refractivity contribution in [2.45, 2.75) is 18.8 Å². The molecule has 0 spiro atoms. The van der Waals surface area contributed by atoms with Crippen LogP contribution in [0.25, 0.3) is 21.3 Å². The van der Waals surface area contributed by atoms with Crippen LogP contribution in [0.5, 0.6) is 11.5 Å². The summed E-state index contributed by atoms with van der Waals surface area (Å²) in [5.41, 5.74) is 4.00. The first-order chi connectivity index (χ1) is 12.7. The van der Waals surface area contributed by atoms with Crippen LogP contribution in [0.15, 0.2) is 18.2 Å². The van der Waals surface area contributed by atoms with Gasteiger partial charge in [0.05, 0.1) is 30.8 Å². The van der Waals surface area contributed by atoms with E-state index in [2.05, 4.69) is 5.32 Å². The quantitative estimate of drug-likeness (QED) is 0.615. The molecule has 2 aromatic heterocycles. The largest absolute Gasteiger partial charge is 0.493 e. The summed E-state index contributed by atoms with van der Waals surface area (Å²) in [6.07, 6.45) is 0.966. The van der Waals surface area contributed by atoms with Gasteiger partial charge in [0.1, 0.15) is 4.83 Å². The number of hydrogen-bond donors (Lipinski definition) is 1. The third-order valence-corrected chi connectivity index (χ3v) is 6.45. The lowest BCUT2D eigenvalue weighted by molar-refractivity contribution is 0.355. The molecule has 0 fully saturated rings. The first-order valence-electron chi connectivity index (χ1n) is 8.29. The number of methoxy groups -OCH3 is 2. The fourth-order valence-corrected chi connectivity index (χ4v) is 5.23. The van der Waals surface area contributed by atoms with Crippen molar-refractivity contribution in [1.29, 1.82) is 0 Å². The number of nitrogens with zero attached hydrogens (tertiary/aromatic N) is 1. The summed E-state index contributed by atoms with van der Waals surface area (Å²) in [5.74, 6) is 1.63. The lowest BCUT2D eigenvalue weighted by Crippen LogP contribution is -2.22. The summed E-state index contributed by atoms with van der Waals surface area (Å²) in [5, 5.41) is 5.17. The fraction of sp³-hybridized carbons (Fsp3) is 0.316. The average Bonchev–Trinajstić information content (AvgIpc) is 3.05. The van der Waals surface area contributed by atoms with E-state index in [1.807, 2.05) is 18.2 Å². The molecular weight excluding hydrogens is 391 g/mol. The molecule has 0 atom stereocenters. The van der Waals surface area contributed by atoms with Crippen molar-refractivity contribution in [3.05, 3.63) is 39.4 Å². The number of alkyl halides is 1. The molecule has 0 amide bonds. The van der Waals surface area contributed by atoms with Crippen LogP contribution in [-0.2, 0) is 18.8 Å². The Morgan fingerprint density at radius 3 is 2.77 bits per heavy atom. The highest BCUT2D eigenvalue weighted by atomic mass is 35.5. The molecule has 4 rings (SSSR count). The minimum Gasteiger partial charge on any atom is -0.493 e. The van der Waals surface area contributed by atoms with Crippen LogP contribution in [-0.4, -0.2) is 25.7 Å². The summed E-state index contributed by atoms with van der Waals surface area (Å²) in [4.78, 5) is 7.04. The molecule has 7 heteroatoms. The maximum Gasteiger partial charge on any atom is 0.161 e. The predicted molar refractivity (Wildman–Crippen MR) is 108 cm³/mol. The van der Waals surface area contributed by atoms with E-state index in [9.17, 15) is 0 Å². The standard InChI is InChI=1S/C19H18Cl2N2O2S/c1-24-13-4-3-10(7-14(13)25-2)16-17-11-5-6-22-9-15(11)26-19(17)23-12(8-20)18(16)21/h3-4,7,22H,5-6,8-9H2,1-2H3. The van der Waals surface area contributed by atoms with Gasteiger partial charge in [0, 0.05) is 22.4 Å². The molecule has 0 bridgehead atoms. The van der Waals surface area contributed by atoms with Crippen molar-refractivity contribution in [1.82, 2.24) is 10.3 Å². The lowest BCUT2D eigenvalue weighted by Gasteiger charge is -2.16. The Hall–Kier alpha value is -1.53. The summed E-state index contributed by atoms with van der Waals surface area (Å²) < 4.78 is 10.9. The van der Waals surface area contributed by atoms with Gasteiger partial charge in [-0.25, -0.2) is 4.98 Å². The summed E-state index contributed by atoms with van der Waals surface area (Å²) in [6, 6.07) is 5.87. The maximum absolute atomic E-state index is 6.76. The molecule has 1 aliphatic heterocycles. The molecule has 0 saturated carbocycles. The highest BCUT2D eigenvalue weighted by Crippen LogP contribution is 2.45. The molecule has 1 aromatic carbocycles. The molecular formula is C19H18Cl2N2O2S. The van der Waals surface area contributed by atoms with Gasteiger partial charge in [0.15, 0.2) is 11.5 Å². The Morgan fingerprint density at radius 2 is 2.04 bits per heavy atom. The first-order valence-corrected chi connectivity index (χ1v) is 10.0. The molecule has 0 unspecified atom stereocenters. The lowest BCUT2D eigenvalue weighted by atomic mass is 9.96. The topological polar surface area (TPSA) is 43.4 Å². The van der Waals surface area contributed by atoms with Gasteiger partial charge in [0.2, 0.25) is 0 Å². The van der Waals surface area contributed by atoms with Gasteiger partial charge in [-0.15, -0.1) is 22.9 Å². The van der Waals surface area contributed by atoms with E-state index in [4.69, 9.17) is 37.7 Å². The molecule has 4 nitrogen and oxygen atoms in total. The zero-order valence-corrected chi connectivity index (χ0v) is 16.8. The number of rotatable bonds is 4. The van der Waals surface area contributed by atoms with E-state index in [0.717, 1.165) is 40.9 Å². The third kappa shape index (κ3) is 2.83. The van der Waals surface area contributed by atoms with E-state index >= 15 is 0 Å². The molecule has 0 saturated heterocycles. The van der Waals surface area contributed by atoms with E-state index in [1.165, 1.54) is 10.4 Å². The summed E-state index contributed by atoms with van der Waals surface area (Å²) in [7, 11) is 3.26. The maximum atomic E-state index is 6.76. The molecule has 1 N–H and O–H groups in total. The van der Waals surface area contributed by atoms with Crippen molar-refractivity contribution in [3.63, 3.8) is 0 Å². The van der Waals surface area contributed by atoms with Crippen molar-refractivity contribution in [2.75, 3.05) is 20.8 Å². The van der Waals surface area contributed by atoms with Crippen molar-refractivity contribution < 1.29 is 9.47 Å². The number of halogens is 2. The number of thiophene rings is 1. The first kappa shape index (κ1) is 17.9. The van der Waals surface area contributed by atoms with E-state index < -0.39 is 0 Å². The predicted octanol–water partition coefficient (Wildman–Crippen LogP) is 5.02. The highest BCUT2D eigenvalue weighted by Gasteiger charge is 2.24. The van der Waals surface area contributed by atoms with Crippen molar-refractivity contribution in [2.24, 2.45) is 0 Å². The van der Waals surface area contributed by atoms with Crippen LogP contribution < -0.4 is 14.8 Å². The highest BCUT2D eigenvalue weighted by molar-refractivity contribution is 7.19. The van der Waals surface area contributed by atoms with E-state index in [1.54, 1.807) is 25.6 Å². The molecule has 0 aliphatic carbocycles. The van der Waals surface area contributed by atoms with E-state index in [-0.39, 0.29) is 5.88 Å². The van der Waals surface area contributed by atoms with Crippen LogP contribution in [0.1, 0.15) is 16.1 Å². The number of aromatic nitrogens is 1. The molecule has 136 valence electrons. The number of benzene rings is 1. The van der Waals surface area contributed by atoms with Gasteiger partial charge in [0.25, 0.3) is 0 Å². The average molecular weight is 409 g/mol. The second-order valence-corrected chi connectivity index (χ2v) is 7.79. The third-order valence-electron chi connectivity index (χ3n) is 4.67. The fourth-order valence-electron chi connectivity index (χ4n) is 3.43. The Balaban J connectivity index is 2.04. The van der Waals surface area contributed by atoms with Gasteiger partial charge < -0.3 is 14.8 Å². The zero-order chi connectivity index (χ0) is 18.3. The smallest absolute Gasteiger partial charge is 0.161 e. The van der Waals surface area contributed by atoms with Gasteiger partial charge in [-0.2, -0.15) is 0 Å². The van der Waals surface area contributed by atoms with Crippen LogP contribution >= 0.6 is 34.5 Å². The number of nitrogens with one attached hydrogen (secondary N) is 1. The second-order valence-electron chi connectivity index (χ2n) is 6.06. The molecule has 0 radical (unpaired) electrons. The van der Waals surface area contributed by atoms with E-state index in [0.29, 0.717) is 22.2 Å². The summed E-state index contributed by atoms with van der Waals surface area (Å²) in [6.45, 7) is 1.83. The second kappa shape index (κ2) is 7.24. The SMILES string of the molecule is COc1ccc(-c2c(Cl)c(CCl)nc3sc4c(c23)CCNC4)cc1OC. The minimum atomic E-state index is 0.274. The van der Waals surface area contributed by atoms with Gasteiger partial charge in [-0.05, 0) is 36.2 Å². The van der Waals surface area contributed by atoms with Gasteiger partial charge in [-0.1, -0.05) is 17.7 Å². The number of ether oxygens (including phenoxy) is 2. The Labute approximate surface area is 166 Å². The van der Waals surface area contributed by atoms with Crippen LogP contribution in [0, 0.1) is 0 Å². The molecule has 26 heavy (non-hydrogen) atoms. The minimum absolute atomic E-state index is 0.274. The Morgan fingerprint density at radius 1 is 1.23 bits per heavy atom. The number of fused-ring (bicyclic) bond motifs is 3. The van der Waals surface area contributed by atoms with Gasteiger partial charge >= 0.3 is 0 Å². The van der Waals surface area contributed by atoms with Crippen LogP contribution in [0.3, 0.4) is 0 Å². The molecule has 1 aliphatic rings. The van der Waals surface area contributed by atoms with Gasteiger partial charge in [-0.3, -0.25) is 0 Å². The Bertz CT molecular complexity index is 988. The molecule has 3 heterocycles. The zero-order valence-electron chi connectivity index (χ0n) is 14.5. The van der Waals surface area contributed by atoms with Crippen LogP contribution in [0.4, 0.5) is 0 Å². The monoisotopic (exact) mass is 408 g/mol. The summed E-state index contributed by atoms with van der Waals surface area (Å²) >= 11 is 14.6. The van der Waals surface area contributed by atoms with Crippen LogP contribution in [0.2, 0.25) is 5.02 Å². The number of pyridine rings is 1. The van der Waals surface area contributed by atoms with Crippen molar-refractivity contribution >= 4 is 44.8 Å². The Kier molecular flexibility index (Phi) is 4.97.